The molecule has 0 fully saturated rings. The molecule has 0 aliphatic rings. The van der Waals surface area contributed by atoms with E-state index in [1.807, 2.05) is 0 Å². The average Bonchev–Trinajstić information content (AvgIpc) is 2.67. The van der Waals surface area contributed by atoms with Crippen molar-refractivity contribution in [3.05, 3.63) is 47.0 Å². The van der Waals surface area contributed by atoms with Crippen molar-refractivity contribution in [2.75, 3.05) is 26.6 Å². The molecule has 0 aliphatic carbocycles. The molecule has 7 nitrogen and oxygen atoms in total. The highest BCUT2D eigenvalue weighted by atomic mass is 35.5. The van der Waals surface area contributed by atoms with Crippen LogP contribution in [0, 0.1) is 0 Å². The van der Waals surface area contributed by atoms with Crippen molar-refractivity contribution in [1.82, 2.24) is 0 Å². The van der Waals surface area contributed by atoms with E-state index in [2.05, 4.69) is 10.5 Å². The summed E-state index contributed by atoms with van der Waals surface area (Å²) < 4.78 is 15.5. The Morgan fingerprint density at radius 2 is 1.81 bits per heavy atom. The normalized spacial score (nSPS) is 11.7. The first-order valence-electron chi connectivity index (χ1n) is 8.04. The molecule has 2 aromatic carbocycles. The maximum absolute atomic E-state index is 12.1. The van der Waals surface area contributed by atoms with E-state index in [1.54, 1.807) is 50.4 Å². The number of anilines is 1. The zero-order chi connectivity index (χ0) is 19.8. The standard InChI is InChI=1S/C19H21ClN2O5/c1-12(19(23)22-14-5-7-15(24-2)8-6-14)27-21-11-13-9-16(20)18(26-4)17(10-13)25-3/h5-12H,1-4H3,(H,22,23)/b21-11+. The van der Waals surface area contributed by atoms with Gasteiger partial charge < -0.3 is 24.4 Å². The quantitative estimate of drug-likeness (QED) is 0.547. The molecule has 0 heterocycles. The highest BCUT2D eigenvalue weighted by molar-refractivity contribution is 6.32. The first-order valence-corrected chi connectivity index (χ1v) is 8.42. The molecule has 1 N–H and O–H groups in total. The SMILES string of the molecule is COc1ccc(NC(=O)C(C)O/N=C/c2cc(Cl)c(OC)c(OC)c2)cc1. The largest absolute Gasteiger partial charge is 0.497 e. The fourth-order valence-corrected chi connectivity index (χ4v) is 2.46. The molecule has 144 valence electrons. The van der Waals surface area contributed by atoms with Gasteiger partial charge in [0.1, 0.15) is 5.75 Å². The van der Waals surface area contributed by atoms with E-state index in [9.17, 15) is 4.79 Å². The molecule has 27 heavy (non-hydrogen) atoms. The second kappa shape index (κ2) is 9.68. The summed E-state index contributed by atoms with van der Waals surface area (Å²) in [5, 5.41) is 6.95. The maximum atomic E-state index is 12.1. The second-order valence-electron chi connectivity index (χ2n) is 5.44. The van der Waals surface area contributed by atoms with Crippen LogP contribution in [0.25, 0.3) is 0 Å². The van der Waals surface area contributed by atoms with Gasteiger partial charge in [-0.15, -0.1) is 0 Å². The number of carbonyl (C=O) groups is 1. The molecule has 0 radical (unpaired) electrons. The van der Waals surface area contributed by atoms with Crippen molar-refractivity contribution in [2.45, 2.75) is 13.0 Å². The molecule has 0 bridgehead atoms. The van der Waals surface area contributed by atoms with Crippen molar-refractivity contribution in [3.63, 3.8) is 0 Å². The van der Waals surface area contributed by atoms with Crippen molar-refractivity contribution < 1.29 is 23.8 Å². The lowest BCUT2D eigenvalue weighted by molar-refractivity contribution is -0.126. The molecular formula is C19H21ClN2O5. The first kappa shape index (κ1) is 20.4. The van der Waals surface area contributed by atoms with Crippen molar-refractivity contribution in [3.8, 4) is 17.2 Å². The Morgan fingerprint density at radius 1 is 1.11 bits per heavy atom. The fourth-order valence-electron chi connectivity index (χ4n) is 2.16. The van der Waals surface area contributed by atoms with Crippen LogP contribution in [0.15, 0.2) is 41.6 Å². The number of oxime groups is 1. The van der Waals surface area contributed by atoms with E-state index in [4.69, 9.17) is 30.6 Å². The Bertz CT molecular complexity index is 808. The summed E-state index contributed by atoms with van der Waals surface area (Å²) in [6, 6.07) is 10.3. The van der Waals surface area contributed by atoms with Crippen molar-refractivity contribution >= 4 is 29.4 Å². The number of hydrogen-bond donors (Lipinski definition) is 1. The summed E-state index contributed by atoms with van der Waals surface area (Å²) in [6.07, 6.45) is 0.643. The number of carbonyl (C=O) groups excluding carboxylic acids is 1. The lowest BCUT2D eigenvalue weighted by Gasteiger charge is -2.11. The number of amides is 1. The van der Waals surface area contributed by atoms with Crippen molar-refractivity contribution in [1.29, 1.82) is 0 Å². The maximum Gasteiger partial charge on any atom is 0.267 e. The highest BCUT2D eigenvalue weighted by Crippen LogP contribution is 2.35. The topological polar surface area (TPSA) is 78.4 Å². The Kier molecular flexibility index (Phi) is 7.31. The van der Waals surface area contributed by atoms with Crippen LogP contribution >= 0.6 is 11.6 Å². The van der Waals surface area contributed by atoms with Gasteiger partial charge in [0, 0.05) is 11.3 Å². The summed E-state index contributed by atoms with van der Waals surface area (Å²) in [5.41, 5.74) is 1.27. The van der Waals surface area contributed by atoms with Gasteiger partial charge in [-0.05, 0) is 43.3 Å². The van der Waals surface area contributed by atoms with Gasteiger partial charge >= 0.3 is 0 Å². The third-order valence-corrected chi connectivity index (χ3v) is 3.88. The van der Waals surface area contributed by atoms with E-state index < -0.39 is 6.10 Å². The van der Waals surface area contributed by atoms with Gasteiger partial charge in [0.2, 0.25) is 6.10 Å². The number of rotatable bonds is 8. The van der Waals surface area contributed by atoms with Crippen LogP contribution in [0.5, 0.6) is 17.2 Å². The molecule has 2 rings (SSSR count). The molecule has 1 unspecified atom stereocenters. The molecule has 1 atom stereocenters. The summed E-state index contributed by atoms with van der Waals surface area (Å²) in [7, 11) is 4.59. The predicted octanol–water partition coefficient (Wildman–Crippen LogP) is 3.74. The summed E-state index contributed by atoms with van der Waals surface area (Å²) in [6.45, 7) is 1.60. The van der Waals surface area contributed by atoms with Gasteiger partial charge in [-0.3, -0.25) is 4.79 Å². The van der Waals surface area contributed by atoms with E-state index in [0.29, 0.717) is 33.5 Å². The number of halogens is 1. The number of benzene rings is 2. The van der Waals surface area contributed by atoms with Gasteiger partial charge in [0.05, 0.1) is 32.6 Å². The lowest BCUT2D eigenvalue weighted by atomic mass is 10.2. The zero-order valence-electron chi connectivity index (χ0n) is 15.5. The average molecular weight is 393 g/mol. The Hall–Kier alpha value is -2.93. The number of hydrogen-bond acceptors (Lipinski definition) is 6. The monoisotopic (exact) mass is 392 g/mol. The molecule has 0 spiro atoms. The minimum Gasteiger partial charge on any atom is -0.497 e. The zero-order valence-corrected chi connectivity index (χ0v) is 16.2. The van der Waals surface area contributed by atoms with Crippen LogP contribution in [0.3, 0.4) is 0 Å². The van der Waals surface area contributed by atoms with Gasteiger partial charge in [-0.2, -0.15) is 0 Å². The number of methoxy groups -OCH3 is 3. The molecule has 2 aromatic rings. The Labute approximate surface area is 162 Å². The molecular weight excluding hydrogens is 372 g/mol. The third kappa shape index (κ3) is 5.52. The fraction of sp³-hybridized carbons (Fsp3) is 0.263. The molecule has 0 saturated carbocycles. The number of nitrogens with zero attached hydrogens (tertiary/aromatic N) is 1. The summed E-state index contributed by atoms with van der Waals surface area (Å²) >= 11 is 6.14. The van der Waals surface area contributed by atoms with Gasteiger partial charge in [-0.1, -0.05) is 16.8 Å². The number of ether oxygens (including phenoxy) is 3. The van der Waals surface area contributed by atoms with E-state index in [1.165, 1.54) is 20.4 Å². The molecule has 0 aromatic heterocycles. The van der Waals surface area contributed by atoms with Crippen molar-refractivity contribution in [2.24, 2.45) is 5.16 Å². The van der Waals surface area contributed by atoms with Gasteiger partial charge in [0.25, 0.3) is 5.91 Å². The minimum atomic E-state index is -0.793. The van der Waals surface area contributed by atoms with Crippen LogP contribution in [0.1, 0.15) is 12.5 Å². The number of nitrogens with one attached hydrogen (secondary N) is 1. The van der Waals surface area contributed by atoms with E-state index >= 15 is 0 Å². The predicted molar refractivity (Wildman–Crippen MR) is 104 cm³/mol. The smallest absolute Gasteiger partial charge is 0.267 e. The molecule has 0 saturated heterocycles. The van der Waals surface area contributed by atoms with Crippen LogP contribution in [-0.2, 0) is 9.63 Å². The Balaban J connectivity index is 1.96. The third-order valence-electron chi connectivity index (χ3n) is 3.60. The van der Waals surface area contributed by atoms with Gasteiger partial charge in [-0.25, -0.2) is 0 Å². The molecule has 8 heteroatoms. The summed E-state index contributed by atoms with van der Waals surface area (Å²) in [4.78, 5) is 17.4. The molecule has 1 amide bonds. The van der Waals surface area contributed by atoms with Crippen LogP contribution in [-0.4, -0.2) is 39.6 Å². The van der Waals surface area contributed by atoms with Crippen LogP contribution in [0.4, 0.5) is 5.69 Å². The molecule has 0 aliphatic heterocycles. The Morgan fingerprint density at radius 3 is 2.41 bits per heavy atom. The van der Waals surface area contributed by atoms with E-state index in [0.717, 1.165) is 0 Å². The first-order chi connectivity index (χ1) is 13.0. The van der Waals surface area contributed by atoms with Crippen LogP contribution in [0.2, 0.25) is 5.02 Å². The lowest BCUT2D eigenvalue weighted by Crippen LogP contribution is -2.26. The van der Waals surface area contributed by atoms with E-state index in [-0.39, 0.29) is 5.91 Å². The summed E-state index contributed by atoms with van der Waals surface area (Å²) in [5.74, 6) is 1.28. The minimum absolute atomic E-state index is 0.331. The van der Waals surface area contributed by atoms with Crippen LogP contribution < -0.4 is 19.5 Å². The highest BCUT2D eigenvalue weighted by Gasteiger charge is 2.14. The second-order valence-corrected chi connectivity index (χ2v) is 5.85. The van der Waals surface area contributed by atoms with Gasteiger partial charge in [0.15, 0.2) is 11.5 Å².